The second-order valence-electron chi connectivity index (χ2n) is 6.79. The average Bonchev–Trinajstić information content (AvgIpc) is 3.16. The van der Waals surface area contributed by atoms with Crippen molar-refractivity contribution < 1.29 is 9.13 Å². The molecule has 2 unspecified atom stereocenters. The molecule has 2 aliphatic rings. The number of hydrogen-bond donors (Lipinski definition) is 1. The van der Waals surface area contributed by atoms with Crippen molar-refractivity contribution in [3.05, 3.63) is 29.6 Å². The maximum atomic E-state index is 13.5. The Kier molecular flexibility index (Phi) is 3.28. The Morgan fingerprint density at radius 1 is 1.35 bits per heavy atom. The topological polar surface area (TPSA) is 21.3 Å². The molecule has 1 aliphatic carbocycles. The first kappa shape index (κ1) is 13.9. The van der Waals surface area contributed by atoms with Crippen LogP contribution in [0.2, 0.25) is 0 Å². The van der Waals surface area contributed by atoms with Gasteiger partial charge in [-0.2, -0.15) is 0 Å². The summed E-state index contributed by atoms with van der Waals surface area (Å²) >= 11 is 0. The molecular formula is C17H24FNO. The zero-order chi connectivity index (χ0) is 14.4. The molecule has 0 saturated heterocycles. The summed E-state index contributed by atoms with van der Waals surface area (Å²) in [5.41, 5.74) is 1.09. The van der Waals surface area contributed by atoms with Crippen molar-refractivity contribution in [2.75, 3.05) is 6.54 Å². The lowest BCUT2D eigenvalue weighted by Crippen LogP contribution is -2.47. The molecule has 1 saturated carbocycles. The predicted molar refractivity (Wildman–Crippen MR) is 78.4 cm³/mol. The van der Waals surface area contributed by atoms with Gasteiger partial charge >= 0.3 is 0 Å². The van der Waals surface area contributed by atoms with Crippen LogP contribution in [0.5, 0.6) is 5.75 Å². The van der Waals surface area contributed by atoms with E-state index in [1.165, 1.54) is 18.9 Å². The third-order valence-electron chi connectivity index (χ3n) is 5.19. The molecule has 0 amide bonds. The first-order valence-corrected chi connectivity index (χ1v) is 7.69. The summed E-state index contributed by atoms with van der Waals surface area (Å²) in [6.07, 6.45) is 4.44. The van der Waals surface area contributed by atoms with Gasteiger partial charge in [-0.1, -0.05) is 13.8 Å². The third kappa shape index (κ3) is 2.22. The number of nitrogens with one attached hydrogen (secondary N) is 1. The maximum Gasteiger partial charge on any atom is 0.125 e. The van der Waals surface area contributed by atoms with Gasteiger partial charge in [0.15, 0.2) is 0 Å². The lowest BCUT2D eigenvalue weighted by atomic mass is 9.78. The summed E-state index contributed by atoms with van der Waals surface area (Å²) < 4.78 is 19.9. The van der Waals surface area contributed by atoms with Crippen molar-refractivity contribution in [1.29, 1.82) is 0 Å². The van der Waals surface area contributed by atoms with E-state index in [-0.39, 0.29) is 22.9 Å². The van der Waals surface area contributed by atoms with E-state index in [4.69, 9.17) is 4.74 Å². The average molecular weight is 277 g/mol. The SMILES string of the molecule is CCCNC1CC(C)(C2(C)CC2)Oc2ccc(F)cc21. The van der Waals surface area contributed by atoms with E-state index < -0.39 is 0 Å². The largest absolute Gasteiger partial charge is 0.487 e. The van der Waals surface area contributed by atoms with Crippen LogP contribution in [-0.2, 0) is 0 Å². The van der Waals surface area contributed by atoms with Crippen molar-refractivity contribution in [3.8, 4) is 5.75 Å². The van der Waals surface area contributed by atoms with E-state index in [2.05, 4.69) is 26.1 Å². The predicted octanol–water partition coefficient (Wildman–Crippen LogP) is 4.21. The van der Waals surface area contributed by atoms with Crippen LogP contribution in [0.1, 0.15) is 58.1 Å². The minimum atomic E-state index is -0.183. The summed E-state index contributed by atoms with van der Waals surface area (Å²) in [6, 6.07) is 5.10. The Morgan fingerprint density at radius 3 is 2.75 bits per heavy atom. The second kappa shape index (κ2) is 4.73. The van der Waals surface area contributed by atoms with Crippen LogP contribution < -0.4 is 10.1 Å². The standard InChI is InChI=1S/C17H24FNO/c1-4-9-19-14-11-17(3,16(2)7-8-16)20-15-6-5-12(18)10-13(14)15/h5-6,10,14,19H,4,7-9,11H2,1-3H3. The van der Waals surface area contributed by atoms with Crippen molar-refractivity contribution in [2.45, 2.75) is 58.1 Å². The molecule has 20 heavy (non-hydrogen) atoms. The lowest BCUT2D eigenvalue weighted by molar-refractivity contribution is -0.0135. The third-order valence-corrected chi connectivity index (χ3v) is 5.19. The molecule has 1 fully saturated rings. The zero-order valence-corrected chi connectivity index (χ0v) is 12.6. The highest BCUT2D eigenvalue weighted by Gasteiger charge is 2.57. The molecule has 2 atom stereocenters. The Morgan fingerprint density at radius 2 is 2.10 bits per heavy atom. The normalized spacial score (nSPS) is 30.5. The van der Waals surface area contributed by atoms with E-state index in [0.29, 0.717) is 0 Å². The minimum absolute atomic E-state index is 0.150. The van der Waals surface area contributed by atoms with Gasteiger partial charge in [-0.05, 0) is 50.9 Å². The van der Waals surface area contributed by atoms with E-state index in [0.717, 1.165) is 30.7 Å². The first-order valence-electron chi connectivity index (χ1n) is 7.69. The van der Waals surface area contributed by atoms with E-state index in [1.54, 1.807) is 12.1 Å². The number of ether oxygens (including phenoxy) is 1. The van der Waals surface area contributed by atoms with E-state index >= 15 is 0 Å². The molecule has 1 N–H and O–H groups in total. The van der Waals surface area contributed by atoms with Crippen molar-refractivity contribution in [3.63, 3.8) is 0 Å². The van der Waals surface area contributed by atoms with Crippen LogP contribution in [-0.4, -0.2) is 12.1 Å². The van der Waals surface area contributed by atoms with Gasteiger partial charge in [0.1, 0.15) is 17.2 Å². The number of hydrogen-bond acceptors (Lipinski definition) is 2. The fourth-order valence-corrected chi connectivity index (χ4v) is 3.26. The molecule has 0 radical (unpaired) electrons. The summed E-state index contributed by atoms with van der Waals surface area (Å²) in [7, 11) is 0. The number of fused-ring (bicyclic) bond motifs is 1. The van der Waals surface area contributed by atoms with Crippen LogP contribution >= 0.6 is 0 Å². The van der Waals surface area contributed by atoms with Gasteiger partial charge in [0.05, 0.1) is 0 Å². The molecule has 3 rings (SSSR count). The van der Waals surface area contributed by atoms with Gasteiger partial charge in [0, 0.05) is 23.4 Å². The zero-order valence-electron chi connectivity index (χ0n) is 12.6. The van der Waals surface area contributed by atoms with Gasteiger partial charge in [-0.3, -0.25) is 0 Å². The number of rotatable bonds is 4. The van der Waals surface area contributed by atoms with E-state index in [9.17, 15) is 4.39 Å². The van der Waals surface area contributed by atoms with Crippen LogP contribution in [0, 0.1) is 11.2 Å². The Labute approximate surface area is 120 Å². The molecule has 110 valence electrons. The van der Waals surface area contributed by atoms with Crippen LogP contribution in [0.25, 0.3) is 0 Å². The van der Waals surface area contributed by atoms with Crippen molar-refractivity contribution in [1.82, 2.24) is 5.32 Å². The maximum absolute atomic E-state index is 13.5. The molecule has 0 spiro atoms. The summed E-state index contributed by atoms with van der Waals surface area (Å²) in [5.74, 6) is 0.666. The van der Waals surface area contributed by atoms with Gasteiger partial charge in [-0.25, -0.2) is 4.39 Å². The van der Waals surface area contributed by atoms with Gasteiger partial charge in [-0.15, -0.1) is 0 Å². The number of benzene rings is 1. The highest BCUT2D eigenvalue weighted by atomic mass is 19.1. The van der Waals surface area contributed by atoms with Crippen LogP contribution in [0.3, 0.4) is 0 Å². The second-order valence-corrected chi connectivity index (χ2v) is 6.79. The summed E-state index contributed by atoms with van der Waals surface area (Å²) in [4.78, 5) is 0. The Bertz CT molecular complexity index is 512. The molecule has 3 heteroatoms. The van der Waals surface area contributed by atoms with Gasteiger partial charge in [0.2, 0.25) is 0 Å². The Hall–Kier alpha value is -1.09. The molecule has 1 heterocycles. The monoisotopic (exact) mass is 277 g/mol. The Balaban J connectivity index is 1.94. The fourth-order valence-electron chi connectivity index (χ4n) is 3.26. The molecular weight excluding hydrogens is 253 g/mol. The molecule has 0 bridgehead atoms. The molecule has 1 aromatic rings. The minimum Gasteiger partial charge on any atom is -0.487 e. The highest BCUT2D eigenvalue weighted by molar-refractivity contribution is 5.40. The van der Waals surface area contributed by atoms with Crippen molar-refractivity contribution >= 4 is 0 Å². The molecule has 2 nitrogen and oxygen atoms in total. The van der Waals surface area contributed by atoms with Gasteiger partial charge in [0.25, 0.3) is 0 Å². The highest BCUT2D eigenvalue weighted by Crippen LogP contribution is 2.59. The van der Waals surface area contributed by atoms with Crippen LogP contribution in [0.4, 0.5) is 4.39 Å². The molecule has 1 aliphatic heterocycles. The lowest BCUT2D eigenvalue weighted by Gasteiger charge is -2.44. The number of halogens is 1. The quantitative estimate of drug-likeness (QED) is 0.890. The van der Waals surface area contributed by atoms with E-state index in [1.807, 2.05) is 0 Å². The molecule has 0 aromatic heterocycles. The molecule has 1 aromatic carbocycles. The van der Waals surface area contributed by atoms with Gasteiger partial charge < -0.3 is 10.1 Å². The fraction of sp³-hybridized carbons (Fsp3) is 0.647. The summed E-state index contributed by atoms with van der Waals surface area (Å²) in [5, 5.41) is 3.56. The van der Waals surface area contributed by atoms with Crippen LogP contribution in [0.15, 0.2) is 18.2 Å². The first-order chi connectivity index (χ1) is 9.47. The van der Waals surface area contributed by atoms with Crippen molar-refractivity contribution in [2.24, 2.45) is 5.41 Å². The summed E-state index contributed by atoms with van der Waals surface area (Å²) in [6.45, 7) is 7.62. The smallest absolute Gasteiger partial charge is 0.125 e.